The number of carbonyl (C=O) groups is 1. The minimum absolute atomic E-state index is 0.0825. The lowest BCUT2D eigenvalue weighted by Crippen LogP contribution is -2.44. The third-order valence-corrected chi connectivity index (χ3v) is 2.45. The summed E-state index contributed by atoms with van der Waals surface area (Å²) in [4.78, 5) is 10.2. The molecule has 84 valence electrons. The molecule has 0 aliphatic heterocycles. The number of nitrogens with one attached hydrogen (secondary N) is 2. The third-order valence-electron chi connectivity index (χ3n) is 2.45. The van der Waals surface area contributed by atoms with E-state index in [1.54, 1.807) is 0 Å². The fraction of sp³-hybridized carbons (Fsp3) is 0.909. The Bertz CT molecular complexity index is 139. The molecule has 0 aromatic heterocycles. The van der Waals surface area contributed by atoms with Crippen LogP contribution in [0.5, 0.6) is 0 Å². The topological polar surface area (TPSA) is 41.1 Å². The van der Waals surface area contributed by atoms with Crippen LogP contribution in [0, 0.1) is 0 Å². The zero-order valence-corrected chi connectivity index (χ0v) is 9.68. The molecule has 2 atom stereocenters. The van der Waals surface area contributed by atoms with Gasteiger partial charge in [0.25, 0.3) is 0 Å². The summed E-state index contributed by atoms with van der Waals surface area (Å²) in [5, 5.41) is 6.09. The van der Waals surface area contributed by atoms with Crippen LogP contribution in [-0.2, 0) is 4.79 Å². The van der Waals surface area contributed by atoms with E-state index in [9.17, 15) is 4.79 Å². The monoisotopic (exact) mass is 200 g/mol. The minimum atomic E-state index is 0.0825. The van der Waals surface area contributed by atoms with Gasteiger partial charge < -0.3 is 5.32 Å². The fourth-order valence-electron chi connectivity index (χ4n) is 1.55. The summed E-state index contributed by atoms with van der Waals surface area (Å²) in [6.07, 6.45) is 6.99. The highest BCUT2D eigenvalue weighted by molar-refractivity contribution is 5.46. The van der Waals surface area contributed by atoms with Crippen molar-refractivity contribution in [2.24, 2.45) is 0 Å². The normalized spacial score (nSPS) is 14.8. The fourth-order valence-corrected chi connectivity index (χ4v) is 1.55. The van der Waals surface area contributed by atoms with E-state index in [1.807, 2.05) is 6.92 Å². The molecule has 0 aliphatic carbocycles. The van der Waals surface area contributed by atoms with Crippen molar-refractivity contribution in [3.05, 3.63) is 0 Å². The van der Waals surface area contributed by atoms with Crippen LogP contribution in [0.15, 0.2) is 0 Å². The summed E-state index contributed by atoms with van der Waals surface area (Å²) >= 11 is 0. The predicted molar refractivity (Wildman–Crippen MR) is 60.0 cm³/mol. The summed E-state index contributed by atoms with van der Waals surface area (Å²) in [7, 11) is 0. The lowest BCUT2D eigenvalue weighted by atomic mass is 10.1. The average molecular weight is 200 g/mol. The molecule has 0 radical (unpaired) electrons. The molecule has 0 bridgehead atoms. The number of hydrogen-bond donors (Lipinski definition) is 2. The Balaban J connectivity index is 3.60. The van der Waals surface area contributed by atoms with E-state index < -0.39 is 0 Å². The van der Waals surface area contributed by atoms with Gasteiger partial charge >= 0.3 is 0 Å². The second-order valence-electron chi connectivity index (χ2n) is 3.77. The van der Waals surface area contributed by atoms with Crippen molar-refractivity contribution in [1.82, 2.24) is 10.6 Å². The van der Waals surface area contributed by atoms with E-state index in [2.05, 4.69) is 24.5 Å². The highest BCUT2D eigenvalue weighted by Gasteiger charge is 2.08. The summed E-state index contributed by atoms with van der Waals surface area (Å²) in [5.74, 6) is 0. The molecule has 0 saturated carbocycles. The lowest BCUT2D eigenvalue weighted by Gasteiger charge is -2.21. The molecule has 0 aromatic carbocycles. The van der Waals surface area contributed by atoms with Crippen LogP contribution >= 0.6 is 0 Å². The van der Waals surface area contributed by atoms with Gasteiger partial charge in [-0.3, -0.25) is 10.1 Å². The van der Waals surface area contributed by atoms with Crippen molar-refractivity contribution in [2.75, 3.05) is 0 Å². The molecular formula is C11H24N2O. The first kappa shape index (κ1) is 13.4. The quantitative estimate of drug-likeness (QED) is 0.340. The summed E-state index contributed by atoms with van der Waals surface area (Å²) in [6, 6.07) is 0.531. The first-order valence-corrected chi connectivity index (χ1v) is 5.70. The Morgan fingerprint density at radius 2 is 2.00 bits per heavy atom. The third kappa shape index (κ3) is 6.89. The van der Waals surface area contributed by atoms with Gasteiger partial charge in [-0.15, -0.1) is 0 Å². The van der Waals surface area contributed by atoms with Gasteiger partial charge in [0, 0.05) is 6.04 Å². The highest BCUT2D eigenvalue weighted by Crippen LogP contribution is 2.06. The largest absolute Gasteiger partial charge is 0.344 e. The van der Waals surface area contributed by atoms with Crippen molar-refractivity contribution < 1.29 is 4.79 Å². The van der Waals surface area contributed by atoms with E-state index >= 15 is 0 Å². The van der Waals surface area contributed by atoms with Gasteiger partial charge in [-0.25, -0.2) is 0 Å². The number of unbranched alkanes of at least 4 members (excludes halogenated alkanes) is 2. The zero-order chi connectivity index (χ0) is 10.8. The minimum Gasteiger partial charge on any atom is -0.344 e. The molecule has 2 N–H and O–H groups in total. The number of carbonyl (C=O) groups excluding carboxylic acids is 1. The standard InChI is InChI=1S/C11H24N2O/c1-4-6-7-8-11(5-2)13-10(3)12-9-14/h9-11,13H,4-8H2,1-3H3,(H,12,14). The van der Waals surface area contributed by atoms with Crippen LogP contribution in [-0.4, -0.2) is 18.6 Å². The maximum Gasteiger partial charge on any atom is 0.208 e. The maximum absolute atomic E-state index is 10.2. The summed E-state index contributed by atoms with van der Waals surface area (Å²) in [5.41, 5.74) is 0. The van der Waals surface area contributed by atoms with E-state index in [0.717, 1.165) is 12.8 Å². The van der Waals surface area contributed by atoms with Crippen LogP contribution in [0.25, 0.3) is 0 Å². The number of hydrogen-bond acceptors (Lipinski definition) is 2. The molecule has 0 fully saturated rings. The summed E-state index contributed by atoms with van der Waals surface area (Å²) < 4.78 is 0. The molecular weight excluding hydrogens is 176 g/mol. The molecule has 1 amide bonds. The number of rotatable bonds is 9. The first-order valence-electron chi connectivity index (χ1n) is 5.70. The molecule has 0 saturated heterocycles. The van der Waals surface area contributed by atoms with Crippen LogP contribution in [0.2, 0.25) is 0 Å². The second-order valence-corrected chi connectivity index (χ2v) is 3.77. The van der Waals surface area contributed by atoms with E-state index in [4.69, 9.17) is 0 Å². The predicted octanol–water partition coefficient (Wildman–Crippen LogP) is 2.03. The van der Waals surface area contributed by atoms with E-state index in [-0.39, 0.29) is 6.17 Å². The highest BCUT2D eigenvalue weighted by atomic mass is 16.1. The van der Waals surface area contributed by atoms with Gasteiger partial charge in [0.15, 0.2) is 0 Å². The van der Waals surface area contributed by atoms with Gasteiger partial charge in [0.05, 0.1) is 6.17 Å². The van der Waals surface area contributed by atoms with Gasteiger partial charge in [0.2, 0.25) is 6.41 Å². The summed E-state index contributed by atoms with van der Waals surface area (Å²) in [6.45, 7) is 6.36. The van der Waals surface area contributed by atoms with Crippen molar-refractivity contribution in [1.29, 1.82) is 0 Å². The van der Waals surface area contributed by atoms with Crippen molar-refractivity contribution in [2.45, 2.75) is 65.1 Å². The van der Waals surface area contributed by atoms with Crippen LogP contribution < -0.4 is 10.6 Å². The van der Waals surface area contributed by atoms with Gasteiger partial charge in [-0.1, -0.05) is 33.1 Å². The average Bonchev–Trinajstić information content (AvgIpc) is 2.17. The Morgan fingerprint density at radius 3 is 2.50 bits per heavy atom. The molecule has 3 nitrogen and oxygen atoms in total. The number of amides is 1. The van der Waals surface area contributed by atoms with Crippen LogP contribution in [0.1, 0.15) is 52.9 Å². The van der Waals surface area contributed by atoms with Gasteiger partial charge in [-0.05, 0) is 19.8 Å². The Morgan fingerprint density at radius 1 is 1.29 bits per heavy atom. The van der Waals surface area contributed by atoms with Crippen molar-refractivity contribution in [3.63, 3.8) is 0 Å². The van der Waals surface area contributed by atoms with Crippen LogP contribution in [0.3, 0.4) is 0 Å². The van der Waals surface area contributed by atoms with Crippen LogP contribution in [0.4, 0.5) is 0 Å². The first-order chi connectivity index (χ1) is 6.74. The van der Waals surface area contributed by atoms with Crippen molar-refractivity contribution in [3.8, 4) is 0 Å². The molecule has 0 aliphatic rings. The lowest BCUT2D eigenvalue weighted by molar-refractivity contribution is -0.110. The maximum atomic E-state index is 10.2. The van der Waals surface area contributed by atoms with E-state index in [0.29, 0.717) is 6.04 Å². The SMILES string of the molecule is CCCCCC(CC)NC(C)NC=O. The van der Waals surface area contributed by atoms with Gasteiger partial charge in [0.1, 0.15) is 0 Å². The molecule has 2 unspecified atom stereocenters. The molecule has 0 heterocycles. The molecule has 0 aromatic rings. The Labute approximate surface area is 87.6 Å². The molecule has 0 spiro atoms. The zero-order valence-electron chi connectivity index (χ0n) is 9.68. The Hall–Kier alpha value is -0.570. The molecule has 14 heavy (non-hydrogen) atoms. The molecule has 3 heteroatoms. The second kappa shape index (κ2) is 9.00. The van der Waals surface area contributed by atoms with Crippen molar-refractivity contribution >= 4 is 6.41 Å². The Kier molecular flexibility index (Phi) is 8.64. The molecule has 0 rings (SSSR count). The smallest absolute Gasteiger partial charge is 0.208 e. The van der Waals surface area contributed by atoms with E-state index in [1.165, 1.54) is 25.7 Å². The van der Waals surface area contributed by atoms with Gasteiger partial charge in [-0.2, -0.15) is 0 Å².